The Morgan fingerprint density at radius 2 is 2.29 bits per heavy atom. The molecule has 2 atom stereocenters. The second-order valence-corrected chi connectivity index (χ2v) is 5.77. The summed E-state index contributed by atoms with van der Waals surface area (Å²) in [5, 5.41) is 6.86. The zero-order valence-electron chi connectivity index (χ0n) is 12.1. The second-order valence-electron chi connectivity index (χ2n) is 5.77. The fourth-order valence-corrected chi connectivity index (χ4v) is 3.40. The topological polar surface area (TPSA) is 106 Å². The average Bonchev–Trinajstić information content (AvgIpc) is 2.98. The van der Waals surface area contributed by atoms with E-state index in [2.05, 4.69) is 15.4 Å². The number of amides is 3. The number of hydrogen-bond acceptors (Lipinski definition) is 5. The molecule has 3 rings (SSSR count). The predicted molar refractivity (Wildman–Crippen MR) is 73.8 cm³/mol. The number of aromatic nitrogens is 3. The van der Waals surface area contributed by atoms with Crippen LogP contribution in [-0.2, 0) is 18.4 Å². The summed E-state index contributed by atoms with van der Waals surface area (Å²) >= 11 is 0. The van der Waals surface area contributed by atoms with Crippen LogP contribution in [0, 0.1) is 5.92 Å². The highest BCUT2D eigenvalue weighted by Crippen LogP contribution is 2.38. The van der Waals surface area contributed by atoms with Crippen LogP contribution >= 0.6 is 0 Å². The molecule has 1 spiro atoms. The van der Waals surface area contributed by atoms with E-state index in [0.717, 1.165) is 19.3 Å². The molecule has 2 aliphatic rings. The molecule has 8 heteroatoms. The summed E-state index contributed by atoms with van der Waals surface area (Å²) in [7, 11) is 1.74. The first-order chi connectivity index (χ1) is 10.1. The van der Waals surface area contributed by atoms with Gasteiger partial charge in [-0.1, -0.05) is 12.8 Å². The molecule has 1 aromatic rings. The molecular weight excluding hydrogens is 272 g/mol. The van der Waals surface area contributed by atoms with Crippen molar-refractivity contribution < 1.29 is 9.59 Å². The van der Waals surface area contributed by atoms with Gasteiger partial charge < -0.3 is 11.1 Å². The summed E-state index contributed by atoms with van der Waals surface area (Å²) in [6, 6.07) is -0.358. The van der Waals surface area contributed by atoms with Crippen molar-refractivity contribution in [1.82, 2.24) is 25.0 Å². The zero-order chi connectivity index (χ0) is 15.0. The van der Waals surface area contributed by atoms with E-state index in [4.69, 9.17) is 5.73 Å². The van der Waals surface area contributed by atoms with Crippen molar-refractivity contribution in [2.45, 2.75) is 37.8 Å². The number of aryl methyl sites for hydroxylation is 1. The standard InChI is InChI=1S/C13H20N6O2/c1-18-10(15-8-16-18)7-19-11(20)13(17-12(19)21)5-3-2-4-9(13)6-14/h8-9H,2-7,14H2,1H3,(H,17,21). The number of rotatable bonds is 3. The molecule has 21 heavy (non-hydrogen) atoms. The van der Waals surface area contributed by atoms with E-state index < -0.39 is 5.54 Å². The van der Waals surface area contributed by atoms with Gasteiger partial charge >= 0.3 is 6.03 Å². The van der Waals surface area contributed by atoms with Crippen LogP contribution in [0.2, 0.25) is 0 Å². The third kappa shape index (κ3) is 2.10. The normalized spacial score (nSPS) is 29.2. The van der Waals surface area contributed by atoms with Crippen LogP contribution in [0.1, 0.15) is 31.5 Å². The average molecular weight is 292 g/mol. The highest BCUT2D eigenvalue weighted by Gasteiger charge is 2.55. The lowest BCUT2D eigenvalue weighted by molar-refractivity contribution is -0.134. The molecule has 1 aliphatic carbocycles. The maximum absolute atomic E-state index is 12.8. The quantitative estimate of drug-likeness (QED) is 0.747. The molecule has 3 amide bonds. The lowest BCUT2D eigenvalue weighted by Gasteiger charge is -2.38. The van der Waals surface area contributed by atoms with Crippen LogP contribution in [0.5, 0.6) is 0 Å². The van der Waals surface area contributed by atoms with Gasteiger partial charge in [-0.2, -0.15) is 5.10 Å². The number of imide groups is 1. The van der Waals surface area contributed by atoms with Gasteiger partial charge in [0.1, 0.15) is 17.7 Å². The van der Waals surface area contributed by atoms with Crippen LogP contribution in [0.25, 0.3) is 0 Å². The Balaban J connectivity index is 1.86. The summed E-state index contributed by atoms with van der Waals surface area (Å²) in [4.78, 5) is 30.4. The fourth-order valence-electron chi connectivity index (χ4n) is 3.40. The van der Waals surface area contributed by atoms with Crippen LogP contribution in [-0.4, -0.2) is 43.7 Å². The Labute approximate surface area is 122 Å². The van der Waals surface area contributed by atoms with Crippen LogP contribution in [0.15, 0.2) is 6.33 Å². The molecule has 3 N–H and O–H groups in total. The van der Waals surface area contributed by atoms with E-state index in [1.54, 1.807) is 11.7 Å². The number of nitrogens with one attached hydrogen (secondary N) is 1. The fraction of sp³-hybridized carbons (Fsp3) is 0.692. The monoisotopic (exact) mass is 292 g/mol. The van der Waals surface area contributed by atoms with Gasteiger partial charge in [0.15, 0.2) is 0 Å². The number of carbonyl (C=O) groups is 2. The molecule has 114 valence electrons. The van der Waals surface area contributed by atoms with Crippen LogP contribution in [0.4, 0.5) is 4.79 Å². The van der Waals surface area contributed by atoms with Gasteiger partial charge in [0.2, 0.25) is 0 Å². The molecule has 2 heterocycles. The summed E-state index contributed by atoms with van der Waals surface area (Å²) in [6.07, 6.45) is 4.93. The van der Waals surface area contributed by atoms with E-state index in [1.807, 2.05) is 0 Å². The minimum absolute atomic E-state index is 0.00666. The second kappa shape index (κ2) is 5.10. The number of nitrogens with zero attached hydrogens (tertiary/aromatic N) is 4. The van der Waals surface area contributed by atoms with Crippen molar-refractivity contribution in [1.29, 1.82) is 0 Å². The van der Waals surface area contributed by atoms with E-state index in [0.29, 0.717) is 18.8 Å². The highest BCUT2D eigenvalue weighted by molar-refractivity contribution is 6.07. The van der Waals surface area contributed by atoms with Gasteiger partial charge in [0.25, 0.3) is 5.91 Å². The first kappa shape index (κ1) is 14.0. The Hall–Kier alpha value is -1.96. The maximum atomic E-state index is 12.8. The van der Waals surface area contributed by atoms with Crippen LogP contribution < -0.4 is 11.1 Å². The Kier molecular flexibility index (Phi) is 3.40. The van der Waals surface area contributed by atoms with Gasteiger partial charge in [0.05, 0.1) is 6.54 Å². The zero-order valence-corrected chi connectivity index (χ0v) is 12.1. The molecule has 8 nitrogen and oxygen atoms in total. The Morgan fingerprint density at radius 1 is 1.48 bits per heavy atom. The summed E-state index contributed by atoms with van der Waals surface area (Å²) in [5.41, 5.74) is 5.01. The van der Waals surface area contributed by atoms with Crippen molar-refractivity contribution in [2.75, 3.05) is 6.54 Å². The maximum Gasteiger partial charge on any atom is 0.325 e. The largest absolute Gasteiger partial charge is 0.330 e. The Bertz CT molecular complexity index is 571. The first-order valence-corrected chi connectivity index (χ1v) is 7.25. The smallest absolute Gasteiger partial charge is 0.325 e. The lowest BCUT2D eigenvalue weighted by atomic mass is 9.72. The van der Waals surface area contributed by atoms with Crippen LogP contribution in [0.3, 0.4) is 0 Å². The molecule has 0 aromatic carbocycles. The first-order valence-electron chi connectivity index (χ1n) is 7.25. The molecule has 0 bridgehead atoms. The summed E-state index contributed by atoms with van der Waals surface area (Å²) < 4.78 is 1.56. The number of nitrogens with two attached hydrogens (primary N) is 1. The molecule has 1 aliphatic heterocycles. The van der Waals surface area contributed by atoms with Crippen molar-refractivity contribution >= 4 is 11.9 Å². The van der Waals surface area contributed by atoms with Gasteiger partial charge in [0, 0.05) is 13.0 Å². The number of carbonyl (C=O) groups excluding carboxylic acids is 2. The molecule has 1 saturated heterocycles. The molecule has 2 fully saturated rings. The van der Waals surface area contributed by atoms with E-state index in [9.17, 15) is 9.59 Å². The number of urea groups is 1. The summed E-state index contributed by atoms with van der Waals surface area (Å²) in [5.74, 6) is 0.411. The minimum Gasteiger partial charge on any atom is -0.330 e. The third-order valence-corrected chi connectivity index (χ3v) is 4.66. The van der Waals surface area contributed by atoms with Gasteiger partial charge in [-0.15, -0.1) is 0 Å². The lowest BCUT2D eigenvalue weighted by Crippen LogP contribution is -2.56. The van der Waals surface area contributed by atoms with Crippen molar-refractivity contribution in [3.8, 4) is 0 Å². The number of hydrogen-bond donors (Lipinski definition) is 2. The molecule has 0 radical (unpaired) electrons. The van der Waals surface area contributed by atoms with Gasteiger partial charge in [-0.05, 0) is 19.4 Å². The summed E-state index contributed by atoms with van der Waals surface area (Å²) in [6.45, 7) is 0.546. The minimum atomic E-state index is -0.817. The van der Waals surface area contributed by atoms with Crippen molar-refractivity contribution in [2.24, 2.45) is 18.7 Å². The molecule has 2 unspecified atom stereocenters. The SMILES string of the molecule is Cn1ncnc1CN1C(=O)NC2(CCCCC2CN)C1=O. The van der Waals surface area contributed by atoms with Crippen molar-refractivity contribution in [3.63, 3.8) is 0 Å². The molecule has 1 saturated carbocycles. The highest BCUT2D eigenvalue weighted by atomic mass is 16.2. The van der Waals surface area contributed by atoms with Gasteiger partial charge in [-0.25, -0.2) is 9.78 Å². The van der Waals surface area contributed by atoms with Gasteiger partial charge in [-0.3, -0.25) is 14.4 Å². The predicted octanol–water partition coefficient (Wildman–Crippen LogP) is -0.245. The Morgan fingerprint density at radius 3 is 2.95 bits per heavy atom. The van der Waals surface area contributed by atoms with Crippen molar-refractivity contribution in [3.05, 3.63) is 12.2 Å². The van der Waals surface area contributed by atoms with E-state index >= 15 is 0 Å². The van der Waals surface area contributed by atoms with E-state index in [1.165, 1.54) is 11.2 Å². The third-order valence-electron chi connectivity index (χ3n) is 4.66. The molecular formula is C13H20N6O2. The van der Waals surface area contributed by atoms with E-state index in [-0.39, 0.29) is 24.4 Å². The molecule has 1 aromatic heterocycles.